The maximum absolute atomic E-state index is 11.2. The second kappa shape index (κ2) is 5.54. The Balaban J connectivity index is 2.35. The number of hydrogen-bond donors (Lipinski definition) is 1. The van der Waals surface area contributed by atoms with E-state index in [1.165, 1.54) is 0 Å². The Hall–Kier alpha value is -1.66. The van der Waals surface area contributed by atoms with Gasteiger partial charge < -0.3 is 14.7 Å². The van der Waals surface area contributed by atoms with Crippen LogP contribution in [0.1, 0.15) is 12.5 Å². The van der Waals surface area contributed by atoms with Crippen LogP contribution in [0.4, 0.5) is 11.4 Å². The molecule has 1 N–H and O–H groups in total. The maximum atomic E-state index is 11.2. The smallest absolute Gasteiger partial charge is 0.295 e. The first-order valence-electron chi connectivity index (χ1n) is 6.28. The van der Waals surface area contributed by atoms with Crippen molar-refractivity contribution < 1.29 is 14.8 Å². The van der Waals surface area contributed by atoms with Crippen LogP contribution in [-0.4, -0.2) is 41.9 Å². The highest BCUT2D eigenvalue weighted by atomic mass is 16.6. The molecule has 1 saturated heterocycles. The molecule has 1 aliphatic rings. The molecule has 0 radical (unpaired) electrons. The first-order chi connectivity index (χ1) is 9.02. The summed E-state index contributed by atoms with van der Waals surface area (Å²) in [5, 5.41) is 20.4. The average Bonchev–Trinajstić information content (AvgIpc) is 2.37. The van der Waals surface area contributed by atoms with E-state index < -0.39 is 0 Å². The van der Waals surface area contributed by atoms with Gasteiger partial charge >= 0.3 is 0 Å². The molecule has 1 aromatic rings. The van der Waals surface area contributed by atoms with Crippen LogP contribution in [0.25, 0.3) is 0 Å². The standard InChI is InChI=1S/C13H18N2O4/c1-9-4-3-5-12(13(9)15(17)18)14-6-10(2)19-11(7-14)8-16/h3-5,10-11,16H,6-8H2,1-2H3. The number of aliphatic hydroxyl groups is 1. The fraction of sp³-hybridized carbons (Fsp3) is 0.538. The number of nitro groups is 1. The van der Waals surface area contributed by atoms with Gasteiger partial charge in [0.25, 0.3) is 5.69 Å². The predicted molar refractivity (Wildman–Crippen MR) is 71.5 cm³/mol. The lowest BCUT2D eigenvalue weighted by Gasteiger charge is -2.37. The molecular weight excluding hydrogens is 248 g/mol. The van der Waals surface area contributed by atoms with Gasteiger partial charge in [-0.1, -0.05) is 12.1 Å². The van der Waals surface area contributed by atoms with E-state index in [1.807, 2.05) is 17.9 Å². The Morgan fingerprint density at radius 2 is 2.26 bits per heavy atom. The number of aryl methyl sites for hydroxylation is 1. The van der Waals surface area contributed by atoms with E-state index in [1.54, 1.807) is 19.1 Å². The summed E-state index contributed by atoms with van der Waals surface area (Å²) in [6.45, 7) is 4.60. The van der Waals surface area contributed by atoms with E-state index in [-0.39, 0.29) is 29.4 Å². The second-order valence-electron chi connectivity index (χ2n) is 4.86. The van der Waals surface area contributed by atoms with Gasteiger partial charge in [-0.05, 0) is 19.9 Å². The first-order valence-corrected chi connectivity index (χ1v) is 6.28. The number of aliphatic hydroxyl groups excluding tert-OH is 1. The zero-order chi connectivity index (χ0) is 14.0. The largest absolute Gasteiger partial charge is 0.394 e. The molecule has 104 valence electrons. The van der Waals surface area contributed by atoms with Crippen molar-refractivity contribution in [3.63, 3.8) is 0 Å². The van der Waals surface area contributed by atoms with Crippen LogP contribution in [0.5, 0.6) is 0 Å². The number of nitro benzene ring substituents is 1. The summed E-state index contributed by atoms with van der Waals surface area (Å²) >= 11 is 0. The molecule has 1 fully saturated rings. The fourth-order valence-corrected chi connectivity index (χ4v) is 2.48. The van der Waals surface area contributed by atoms with Crippen molar-refractivity contribution in [1.29, 1.82) is 0 Å². The van der Waals surface area contributed by atoms with Gasteiger partial charge in [-0.3, -0.25) is 10.1 Å². The zero-order valence-corrected chi connectivity index (χ0v) is 11.1. The highest BCUT2D eigenvalue weighted by Crippen LogP contribution is 2.32. The van der Waals surface area contributed by atoms with E-state index in [9.17, 15) is 15.2 Å². The number of hydrogen-bond acceptors (Lipinski definition) is 5. The predicted octanol–water partition coefficient (Wildman–Crippen LogP) is 1.49. The van der Waals surface area contributed by atoms with Gasteiger partial charge in [-0.2, -0.15) is 0 Å². The van der Waals surface area contributed by atoms with Gasteiger partial charge in [0.1, 0.15) is 5.69 Å². The normalized spacial score (nSPS) is 23.4. The lowest BCUT2D eigenvalue weighted by molar-refractivity contribution is -0.384. The van der Waals surface area contributed by atoms with Crippen LogP contribution < -0.4 is 4.90 Å². The number of nitrogens with zero attached hydrogens (tertiary/aromatic N) is 2. The SMILES string of the molecule is Cc1cccc(N2CC(C)OC(CO)C2)c1[N+](=O)[O-]. The summed E-state index contributed by atoms with van der Waals surface area (Å²) in [4.78, 5) is 12.8. The van der Waals surface area contributed by atoms with Gasteiger partial charge in [0.15, 0.2) is 0 Å². The number of rotatable bonds is 3. The van der Waals surface area contributed by atoms with Crippen molar-refractivity contribution in [3.8, 4) is 0 Å². The van der Waals surface area contributed by atoms with E-state index in [0.717, 1.165) is 0 Å². The Labute approximate surface area is 111 Å². The molecule has 0 amide bonds. The molecule has 19 heavy (non-hydrogen) atoms. The summed E-state index contributed by atoms with van der Waals surface area (Å²) in [5.41, 5.74) is 1.37. The van der Waals surface area contributed by atoms with Gasteiger partial charge in [-0.25, -0.2) is 0 Å². The van der Waals surface area contributed by atoms with Crippen molar-refractivity contribution >= 4 is 11.4 Å². The summed E-state index contributed by atoms with van der Waals surface area (Å²) in [5.74, 6) is 0. The summed E-state index contributed by atoms with van der Waals surface area (Å²) in [6, 6.07) is 5.29. The summed E-state index contributed by atoms with van der Waals surface area (Å²) in [7, 11) is 0. The molecule has 1 heterocycles. The molecule has 0 aromatic heterocycles. The van der Waals surface area contributed by atoms with Crippen molar-refractivity contribution in [1.82, 2.24) is 0 Å². The van der Waals surface area contributed by atoms with Crippen molar-refractivity contribution in [2.24, 2.45) is 0 Å². The Morgan fingerprint density at radius 1 is 1.53 bits per heavy atom. The summed E-state index contributed by atoms with van der Waals surface area (Å²) in [6.07, 6.45) is -0.366. The lowest BCUT2D eigenvalue weighted by Crippen LogP contribution is -2.48. The Bertz CT molecular complexity index is 478. The molecular formula is C13H18N2O4. The van der Waals surface area contributed by atoms with Crippen LogP contribution in [0.3, 0.4) is 0 Å². The maximum Gasteiger partial charge on any atom is 0.295 e. The molecule has 6 nitrogen and oxygen atoms in total. The molecule has 2 unspecified atom stereocenters. The molecule has 1 aromatic carbocycles. The highest BCUT2D eigenvalue weighted by molar-refractivity contribution is 5.66. The van der Waals surface area contributed by atoms with Crippen LogP contribution in [-0.2, 0) is 4.74 Å². The minimum Gasteiger partial charge on any atom is -0.394 e. The Kier molecular flexibility index (Phi) is 4.01. The topological polar surface area (TPSA) is 75.8 Å². The molecule has 2 atom stereocenters. The zero-order valence-electron chi connectivity index (χ0n) is 11.1. The molecule has 0 bridgehead atoms. The van der Waals surface area contributed by atoms with Gasteiger partial charge in [-0.15, -0.1) is 0 Å². The quantitative estimate of drug-likeness (QED) is 0.662. The third kappa shape index (κ3) is 2.85. The molecule has 0 aliphatic carbocycles. The van der Waals surface area contributed by atoms with E-state index in [0.29, 0.717) is 24.3 Å². The van der Waals surface area contributed by atoms with Crippen LogP contribution >= 0.6 is 0 Å². The number of morpholine rings is 1. The summed E-state index contributed by atoms with van der Waals surface area (Å²) < 4.78 is 5.56. The third-order valence-corrected chi connectivity index (χ3v) is 3.27. The average molecular weight is 266 g/mol. The fourth-order valence-electron chi connectivity index (χ4n) is 2.48. The number of para-hydroxylation sites is 1. The minimum absolute atomic E-state index is 0.0639. The van der Waals surface area contributed by atoms with Crippen molar-refractivity contribution in [3.05, 3.63) is 33.9 Å². The van der Waals surface area contributed by atoms with Crippen LogP contribution in [0, 0.1) is 17.0 Å². The number of ether oxygens (including phenoxy) is 1. The molecule has 6 heteroatoms. The van der Waals surface area contributed by atoms with E-state index >= 15 is 0 Å². The minimum atomic E-state index is -0.348. The monoisotopic (exact) mass is 266 g/mol. The number of benzene rings is 1. The van der Waals surface area contributed by atoms with Crippen LogP contribution in [0.2, 0.25) is 0 Å². The first kappa shape index (κ1) is 13.8. The molecule has 1 aliphatic heterocycles. The lowest BCUT2D eigenvalue weighted by atomic mass is 10.1. The van der Waals surface area contributed by atoms with Crippen LogP contribution in [0.15, 0.2) is 18.2 Å². The third-order valence-electron chi connectivity index (χ3n) is 3.27. The van der Waals surface area contributed by atoms with Gasteiger partial charge in [0, 0.05) is 18.7 Å². The van der Waals surface area contributed by atoms with Gasteiger partial charge in [0.05, 0.1) is 23.7 Å². The highest BCUT2D eigenvalue weighted by Gasteiger charge is 2.29. The van der Waals surface area contributed by atoms with Gasteiger partial charge in [0.2, 0.25) is 0 Å². The molecule has 0 spiro atoms. The Morgan fingerprint density at radius 3 is 2.89 bits per heavy atom. The second-order valence-corrected chi connectivity index (χ2v) is 4.86. The van der Waals surface area contributed by atoms with E-state index in [2.05, 4.69) is 0 Å². The number of anilines is 1. The van der Waals surface area contributed by atoms with E-state index in [4.69, 9.17) is 4.74 Å². The van der Waals surface area contributed by atoms with Crippen molar-refractivity contribution in [2.75, 3.05) is 24.6 Å². The van der Waals surface area contributed by atoms with Crippen molar-refractivity contribution in [2.45, 2.75) is 26.1 Å². The molecule has 2 rings (SSSR count). The molecule has 0 saturated carbocycles.